The van der Waals surface area contributed by atoms with Gasteiger partial charge in [-0.2, -0.15) is 0 Å². The molecule has 0 radical (unpaired) electrons. The zero-order valence-electron chi connectivity index (χ0n) is 11.2. The molecule has 1 aliphatic heterocycles. The molecule has 0 saturated heterocycles. The van der Waals surface area contributed by atoms with Crippen molar-refractivity contribution in [2.75, 3.05) is 5.32 Å². The van der Waals surface area contributed by atoms with E-state index in [1.807, 2.05) is 0 Å². The molecular formula is C16H11ClFNO2. The maximum Gasteiger partial charge on any atom is 0.228 e. The second-order valence-electron chi connectivity index (χ2n) is 4.98. The minimum Gasteiger partial charge on any atom is -0.325 e. The van der Waals surface area contributed by atoms with Crippen LogP contribution in [0.25, 0.3) is 0 Å². The molecule has 0 aromatic heterocycles. The van der Waals surface area contributed by atoms with E-state index in [1.165, 1.54) is 12.1 Å². The van der Waals surface area contributed by atoms with Crippen molar-refractivity contribution < 1.29 is 14.0 Å². The molecule has 0 unspecified atom stereocenters. The zero-order valence-corrected chi connectivity index (χ0v) is 11.9. The van der Waals surface area contributed by atoms with Crippen molar-refractivity contribution in [2.45, 2.75) is 13.3 Å². The summed E-state index contributed by atoms with van der Waals surface area (Å²) in [5.41, 5.74) is 1.88. The number of nitrogens with one attached hydrogen (secondary N) is 1. The first-order chi connectivity index (χ1) is 9.97. The molecule has 3 rings (SSSR count). The first-order valence-corrected chi connectivity index (χ1v) is 6.77. The Morgan fingerprint density at radius 2 is 2.05 bits per heavy atom. The molecule has 0 spiro atoms. The Bertz CT molecular complexity index is 786. The van der Waals surface area contributed by atoms with Crippen molar-refractivity contribution in [3.8, 4) is 0 Å². The molecule has 5 heteroatoms. The molecule has 3 nitrogen and oxygen atoms in total. The summed E-state index contributed by atoms with van der Waals surface area (Å²) in [4.78, 5) is 23.9. The number of hydrogen-bond acceptors (Lipinski definition) is 2. The third-order valence-electron chi connectivity index (χ3n) is 3.50. The molecule has 1 amide bonds. The molecule has 106 valence electrons. The number of halogens is 2. The van der Waals surface area contributed by atoms with Gasteiger partial charge in [-0.1, -0.05) is 23.7 Å². The summed E-state index contributed by atoms with van der Waals surface area (Å²) in [5.74, 6) is -1.18. The van der Waals surface area contributed by atoms with E-state index in [0.717, 1.165) is 0 Å². The molecule has 0 aliphatic carbocycles. The van der Waals surface area contributed by atoms with Crippen LogP contribution >= 0.6 is 11.6 Å². The van der Waals surface area contributed by atoms with Crippen LogP contribution in [0.15, 0.2) is 30.3 Å². The van der Waals surface area contributed by atoms with Crippen LogP contribution in [0.5, 0.6) is 0 Å². The van der Waals surface area contributed by atoms with Gasteiger partial charge >= 0.3 is 0 Å². The van der Waals surface area contributed by atoms with E-state index in [0.29, 0.717) is 16.8 Å². The Hall–Kier alpha value is -2.20. The highest BCUT2D eigenvalue weighted by molar-refractivity contribution is 6.35. The highest BCUT2D eigenvalue weighted by atomic mass is 35.5. The summed E-state index contributed by atoms with van der Waals surface area (Å²) in [7, 11) is 0. The Kier molecular flexibility index (Phi) is 3.26. The third-order valence-corrected chi connectivity index (χ3v) is 3.81. The average Bonchev–Trinajstić information content (AvgIpc) is 2.79. The Labute approximate surface area is 125 Å². The lowest BCUT2D eigenvalue weighted by Crippen LogP contribution is -2.06. The fourth-order valence-corrected chi connectivity index (χ4v) is 2.64. The summed E-state index contributed by atoms with van der Waals surface area (Å²) in [5, 5.41) is 2.85. The number of carbonyl (C=O) groups is 2. The summed E-state index contributed by atoms with van der Waals surface area (Å²) >= 11 is 6.10. The minimum atomic E-state index is -0.548. The SMILES string of the molecule is Cc1cccc(C(=O)c2cc3c(cc2Cl)NC(=O)C3)c1F. The van der Waals surface area contributed by atoms with Gasteiger partial charge in [0.15, 0.2) is 5.78 Å². The van der Waals surface area contributed by atoms with Gasteiger partial charge in [-0.15, -0.1) is 0 Å². The van der Waals surface area contributed by atoms with Crippen LogP contribution in [0.2, 0.25) is 5.02 Å². The molecule has 0 saturated carbocycles. The van der Waals surface area contributed by atoms with E-state index in [1.54, 1.807) is 25.1 Å². The van der Waals surface area contributed by atoms with Crippen LogP contribution in [0.1, 0.15) is 27.0 Å². The monoisotopic (exact) mass is 303 g/mol. The van der Waals surface area contributed by atoms with Crippen molar-refractivity contribution in [3.63, 3.8) is 0 Å². The normalized spacial score (nSPS) is 13.0. The summed E-state index contributed by atoms with van der Waals surface area (Å²) < 4.78 is 14.1. The molecule has 21 heavy (non-hydrogen) atoms. The van der Waals surface area contributed by atoms with Crippen molar-refractivity contribution in [3.05, 3.63) is 63.4 Å². The van der Waals surface area contributed by atoms with Gasteiger partial charge in [-0.25, -0.2) is 4.39 Å². The number of anilines is 1. The molecule has 0 bridgehead atoms. The maximum absolute atomic E-state index is 14.1. The Morgan fingerprint density at radius 1 is 1.29 bits per heavy atom. The van der Waals surface area contributed by atoms with E-state index >= 15 is 0 Å². The quantitative estimate of drug-likeness (QED) is 0.863. The molecular weight excluding hydrogens is 293 g/mol. The highest BCUT2D eigenvalue weighted by Crippen LogP contribution is 2.31. The number of amides is 1. The van der Waals surface area contributed by atoms with Crippen molar-refractivity contribution in [1.82, 2.24) is 0 Å². The molecule has 2 aromatic rings. The van der Waals surface area contributed by atoms with Gasteiger partial charge in [0.05, 0.1) is 17.0 Å². The molecule has 1 aliphatic rings. The predicted octanol–water partition coefficient (Wildman–Crippen LogP) is 3.51. The standard InChI is InChI=1S/C16H11ClFNO2/c1-8-3-2-4-10(15(8)18)16(21)11-5-9-6-14(20)19-13(9)7-12(11)17/h2-5,7H,6H2,1H3,(H,19,20). The molecule has 1 heterocycles. The topological polar surface area (TPSA) is 46.2 Å². The summed E-state index contributed by atoms with van der Waals surface area (Å²) in [6.07, 6.45) is 0.198. The number of fused-ring (bicyclic) bond motifs is 1. The summed E-state index contributed by atoms with van der Waals surface area (Å²) in [6.45, 7) is 1.60. The van der Waals surface area contributed by atoms with Crippen LogP contribution in [0, 0.1) is 12.7 Å². The van der Waals surface area contributed by atoms with Crippen LogP contribution in [-0.2, 0) is 11.2 Å². The van der Waals surface area contributed by atoms with Crippen molar-refractivity contribution in [1.29, 1.82) is 0 Å². The number of carbonyl (C=O) groups excluding carboxylic acids is 2. The van der Waals surface area contributed by atoms with Crippen molar-refractivity contribution in [2.24, 2.45) is 0 Å². The molecule has 2 aromatic carbocycles. The van der Waals surface area contributed by atoms with Gasteiger partial charge < -0.3 is 5.32 Å². The maximum atomic E-state index is 14.1. The number of benzene rings is 2. The van der Waals surface area contributed by atoms with Crippen LogP contribution < -0.4 is 5.32 Å². The number of aryl methyl sites for hydroxylation is 1. The first kappa shape index (κ1) is 13.8. The largest absolute Gasteiger partial charge is 0.325 e. The zero-order chi connectivity index (χ0) is 15.1. The van der Waals surface area contributed by atoms with E-state index in [-0.39, 0.29) is 28.5 Å². The van der Waals surface area contributed by atoms with Crippen molar-refractivity contribution >= 4 is 29.0 Å². The van der Waals surface area contributed by atoms with E-state index in [2.05, 4.69) is 5.32 Å². The Balaban J connectivity index is 2.09. The Morgan fingerprint density at radius 3 is 2.81 bits per heavy atom. The molecule has 0 fully saturated rings. The van der Waals surface area contributed by atoms with Crippen LogP contribution in [0.4, 0.5) is 10.1 Å². The lowest BCUT2D eigenvalue weighted by molar-refractivity contribution is -0.115. The lowest BCUT2D eigenvalue weighted by Gasteiger charge is -2.08. The van der Waals surface area contributed by atoms with Gasteiger partial charge in [-0.05, 0) is 36.2 Å². The number of ketones is 1. The van der Waals surface area contributed by atoms with Gasteiger partial charge in [0.2, 0.25) is 5.91 Å². The fraction of sp³-hybridized carbons (Fsp3) is 0.125. The van der Waals surface area contributed by atoms with Gasteiger partial charge in [0, 0.05) is 11.3 Å². The van der Waals surface area contributed by atoms with E-state index in [4.69, 9.17) is 11.6 Å². The molecule has 0 atom stereocenters. The summed E-state index contributed by atoms with van der Waals surface area (Å²) in [6, 6.07) is 7.73. The van der Waals surface area contributed by atoms with E-state index < -0.39 is 11.6 Å². The second kappa shape index (κ2) is 4.97. The lowest BCUT2D eigenvalue weighted by atomic mass is 9.98. The van der Waals surface area contributed by atoms with Crippen LogP contribution in [0.3, 0.4) is 0 Å². The fourth-order valence-electron chi connectivity index (χ4n) is 2.39. The molecule has 1 N–H and O–H groups in total. The van der Waals surface area contributed by atoms with Gasteiger partial charge in [-0.3, -0.25) is 9.59 Å². The van der Waals surface area contributed by atoms with Gasteiger partial charge in [0.1, 0.15) is 5.82 Å². The third kappa shape index (κ3) is 2.32. The number of rotatable bonds is 2. The van der Waals surface area contributed by atoms with Gasteiger partial charge in [0.25, 0.3) is 0 Å². The number of hydrogen-bond donors (Lipinski definition) is 1. The van der Waals surface area contributed by atoms with Crippen LogP contribution in [-0.4, -0.2) is 11.7 Å². The predicted molar refractivity (Wildman–Crippen MR) is 78.4 cm³/mol. The first-order valence-electron chi connectivity index (χ1n) is 6.39. The smallest absolute Gasteiger partial charge is 0.228 e. The van der Waals surface area contributed by atoms with E-state index in [9.17, 15) is 14.0 Å². The minimum absolute atomic E-state index is 0.0193. The second-order valence-corrected chi connectivity index (χ2v) is 5.39. The highest BCUT2D eigenvalue weighted by Gasteiger charge is 2.24. The average molecular weight is 304 g/mol.